The Bertz CT molecular complexity index is 304. The number of nitrogens with one attached hydrogen (secondary N) is 1. The third-order valence-corrected chi connectivity index (χ3v) is 1.96. The lowest BCUT2D eigenvalue weighted by atomic mass is 10.1. The molecule has 0 aromatic carbocycles. The molecule has 74 valence electrons. The summed E-state index contributed by atoms with van der Waals surface area (Å²) in [7, 11) is 0. The largest absolute Gasteiger partial charge is 0.308 e. The van der Waals surface area contributed by atoms with E-state index in [9.17, 15) is 0 Å². The number of nitrogens with zero attached hydrogens (tertiary/aromatic N) is 2. The zero-order chi connectivity index (χ0) is 10.2. The first-order valence-electron chi connectivity index (χ1n) is 4.85. The fourth-order valence-corrected chi connectivity index (χ4v) is 1.16. The van der Waals surface area contributed by atoms with Gasteiger partial charge in [-0.2, -0.15) is 0 Å². The second-order valence-corrected chi connectivity index (χ2v) is 3.04. The van der Waals surface area contributed by atoms with E-state index in [1.54, 1.807) is 6.20 Å². The van der Waals surface area contributed by atoms with Gasteiger partial charge in [-0.05, 0) is 12.5 Å². The topological polar surface area (TPSA) is 49.6 Å². The Morgan fingerprint density at radius 1 is 1.57 bits per heavy atom. The van der Waals surface area contributed by atoms with Crippen LogP contribution in [0.2, 0.25) is 0 Å². The first-order valence-corrected chi connectivity index (χ1v) is 4.85. The van der Waals surface area contributed by atoms with Gasteiger partial charge < -0.3 is 5.41 Å². The molecule has 0 atom stereocenters. The Hall–Kier alpha value is -1.51. The molecule has 0 fully saturated rings. The van der Waals surface area contributed by atoms with Gasteiger partial charge in [0.05, 0.1) is 5.69 Å². The molecule has 0 bridgehead atoms. The number of allylic oxidation sites excluding steroid dienone is 2. The summed E-state index contributed by atoms with van der Waals surface area (Å²) >= 11 is 0. The van der Waals surface area contributed by atoms with E-state index in [-0.39, 0.29) is 0 Å². The van der Waals surface area contributed by atoms with E-state index in [0.29, 0.717) is 0 Å². The molecule has 0 aliphatic heterocycles. The van der Waals surface area contributed by atoms with Crippen LogP contribution >= 0.6 is 0 Å². The summed E-state index contributed by atoms with van der Waals surface area (Å²) in [5.41, 5.74) is 1.70. The Morgan fingerprint density at radius 2 is 2.43 bits per heavy atom. The molecule has 1 rings (SSSR count). The molecule has 3 heteroatoms. The zero-order valence-corrected chi connectivity index (χ0v) is 8.40. The third kappa shape index (κ3) is 3.09. The predicted octanol–water partition coefficient (Wildman–Crippen LogP) is 2.70. The van der Waals surface area contributed by atoms with Crippen molar-refractivity contribution in [2.45, 2.75) is 26.2 Å². The van der Waals surface area contributed by atoms with Gasteiger partial charge in [-0.3, -0.25) is 0 Å². The van der Waals surface area contributed by atoms with Gasteiger partial charge >= 0.3 is 0 Å². The summed E-state index contributed by atoms with van der Waals surface area (Å²) in [5, 5.41) is 7.28. The molecule has 3 nitrogen and oxygen atoms in total. The summed E-state index contributed by atoms with van der Waals surface area (Å²) in [6.07, 6.45) is 9.93. The molecule has 0 spiro atoms. The highest BCUT2D eigenvalue weighted by Crippen LogP contribution is 2.09. The van der Waals surface area contributed by atoms with Crippen molar-refractivity contribution in [1.82, 2.24) is 9.97 Å². The highest BCUT2D eigenvalue weighted by atomic mass is 14.8. The van der Waals surface area contributed by atoms with Crippen LogP contribution in [0.3, 0.4) is 0 Å². The molecular formula is C11H15N3. The number of unbranched alkanes of at least 4 members (excludes halogenated alkanes) is 2. The molecule has 14 heavy (non-hydrogen) atoms. The molecule has 0 amide bonds. The van der Waals surface area contributed by atoms with Crippen LogP contribution in [0.15, 0.2) is 24.7 Å². The molecule has 0 unspecified atom stereocenters. The Kier molecular flexibility index (Phi) is 4.55. The fraction of sp³-hybridized carbons (Fsp3) is 0.364. The molecule has 1 heterocycles. The van der Waals surface area contributed by atoms with E-state index < -0.39 is 0 Å². The number of hydrogen-bond acceptors (Lipinski definition) is 3. The maximum Gasteiger partial charge on any atom is 0.116 e. The van der Waals surface area contributed by atoms with Gasteiger partial charge in [-0.15, -0.1) is 0 Å². The number of rotatable bonds is 5. The van der Waals surface area contributed by atoms with Gasteiger partial charge in [0, 0.05) is 18.0 Å². The summed E-state index contributed by atoms with van der Waals surface area (Å²) in [5.74, 6) is 0. The van der Waals surface area contributed by atoms with Crippen molar-refractivity contribution >= 4 is 11.8 Å². The SMILES string of the molecule is CCCC/C=C(\C=N)c1ccncn1. The predicted molar refractivity (Wildman–Crippen MR) is 58.3 cm³/mol. The van der Waals surface area contributed by atoms with Gasteiger partial charge in [0.1, 0.15) is 6.33 Å². The van der Waals surface area contributed by atoms with Crippen LogP contribution in [0.5, 0.6) is 0 Å². The monoisotopic (exact) mass is 189 g/mol. The minimum absolute atomic E-state index is 0.825. The minimum atomic E-state index is 0.825. The van der Waals surface area contributed by atoms with Crippen molar-refractivity contribution < 1.29 is 0 Å². The van der Waals surface area contributed by atoms with E-state index >= 15 is 0 Å². The maximum absolute atomic E-state index is 7.28. The second-order valence-electron chi connectivity index (χ2n) is 3.04. The van der Waals surface area contributed by atoms with Crippen LogP contribution < -0.4 is 0 Å². The fourth-order valence-electron chi connectivity index (χ4n) is 1.16. The summed E-state index contributed by atoms with van der Waals surface area (Å²) in [6, 6.07) is 1.82. The lowest BCUT2D eigenvalue weighted by Crippen LogP contribution is -1.90. The highest BCUT2D eigenvalue weighted by Gasteiger charge is 1.97. The molecule has 1 aromatic heterocycles. The van der Waals surface area contributed by atoms with Crippen molar-refractivity contribution in [2.75, 3.05) is 0 Å². The summed E-state index contributed by atoms with van der Waals surface area (Å²) < 4.78 is 0. The Labute approximate surface area is 84.4 Å². The summed E-state index contributed by atoms with van der Waals surface area (Å²) in [6.45, 7) is 2.16. The maximum atomic E-state index is 7.28. The standard InChI is InChI=1S/C11H15N3/c1-2-3-4-5-10(8-12)11-6-7-13-9-14-11/h5-9,12H,2-4H2,1H3/b10-5+,12-8?. The summed E-state index contributed by atoms with van der Waals surface area (Å²) in [4.78, 5) is 7.94. The van der Waals surface area contributed by atoms with Gasteiger partial charge in [0.15, 0.2) is 0 Å². The van der Waals surface area contributed by atoms with E-state index in [0.717, 1.165) is 24.1 Å². The van der Waals surface area contributed by atoms with Crippen LogP contribution in [-0.4, -0.2) is 16.2 Å². The lowest BCUT2D eigenvalue weighted by molar-refractivity contribution is 0.816. The van der Waals surface area contributed by atoms with Gasteiger partial charge in [-0.25, -0.2) is 9.97 Å². The van der Waals surface area contributed by atoms with Crippen LogP contribution in [0, 0.1) is 5.41 Å². The van der Waals surface area contributed by atoms with Gasteiger partial charge in [0.25, 0.3) is 0 Å². The smallest absolute Gasteiger partial charge is 0.116 e. The minimum Gasteiger partial charge on any atom is -0.308 e. The van der Waals surface area contributed by atoms with Crippen LogP contribution in [0.4, 0.5) is 0 Å². The van der Waals surface area contributed by atoms with Crippen molar-refractivity contribution in [1.29, 1.82) is 5.41 Å². The van der Waals surface area contributed by atoms with Crippen molar-refractivity contribution in [3.8, 4) is 0 Å². The van der Waals surface area contributed by atoms with Gasteiger partial charge in [-0.1, -0.05) is 25.8 Å². The molecule has 0 aliphatic rings. The Morgan fingerprint density at radius 3 is 3.00 bits per heavy atom. The molecule has 0 aliphatic carbocycles. The number of hydrogen-bond donors (Lipinski definition) is 1. The first kappa shape index (κ1) is 10.6. The zero-order valence-electron chi connectivity index (χ0n) is 8.40. The van der Waals surface area contributed by atoms with Crippen LogP contribution in [-0.2, 0) is 0 Å². The van der Waals surface area contributed by atoms with Gasteiger partial charge in [0.2, 0.25) is 0 Å². The molecule has 0 saturated heterocycles. The van der Waals surface area contributed by atoms with Crippen molar-refractivity contribution in [3.05, 3.63) is 30.4 Å². The average molecular weight is 189 g/mol. The molecule has 1 aromatic rings. The molecule has 0 saturated carbocycles. The Balaban J connectivity index is 2.72. The molecule has 1 N–H and O–H groups in total. The van der Waals surface area contributed by atoms with Crippen molar-refractivity contribution in [3.63, 3.8) is 0 Å². The lowest BCUT2D eigenvalue weighted by Gasteiger charge is -1.99. The van der Waals surface area contributed by atoms with E-state index in [1.807, 2.05) is 6.07 Å². The average Bonchev–Trinajstić information content (AvgIpc) is 2.26. The van der Waals surface area contributed by atoms with Crippen LogP contribution in [0.1, 0.15) is 31.9 Å². The van der Waals surface area contributed by atoms with E-state index in [1.165, 1.54) is 19.0 Å². The molecule has 0 radical (unpaired) electrons. The van der Waals surface area contributed by atoms with E-state index in [4.69, 9.17) is 5.41 Å². The van der Waals surface area contributed by atoms with Crippen LogP contribution in [0.25, 0.3) is 5.57 Å². The number of aromatic nitrogens is 2. The quantitative estimate of drug-likeness (QED) is 0.572. The van der Waals surface area contributed by atoms with Crippen molar-refractivity contribution in [2.24, 2.45) is 0 Å². The normalized spacial score (nSPS) is 11.4. The second kappa shape index (κ2) is 6.02. The molecular weight excluding hydrogens is 174 g/mol. The third-order valence-electron chi connectivity index (χ3n) is 1.96. The van der Waals surface area contributed by atoms with E-state index in [2.05, 4.69) is 23.0 Å². The first-order chi connectivity index (χ1) is 6.88. The highest BCUT2D eigenvalue weighted by molar-refractivity contribution is 6.07.